The zero-order valence-corrected chi connectivity index (χ0v) is 11.6. The third-order valence-corrected chi connectivity index (χ3v) is 5.29. The van der Waals surface area contributed by atoms with Crippen molar-refractivity contribution in [3.8, 4) is 0 Å². The summed E-state index contributed by atoms with van der Waals surface area (Å²) in [5, 5.41) is 2.82. The van der Waals surface area contributed by atoms with Crippen molar-refractivity contribution in [2.45, 2.75) is 24.2 Å². The zero-order chi connectivity index (χ0) is 13.2. The van der Waals surface area contributed by atoms with Gasteiger partial charge in [0.1, 0.15) is 10.7 Å². The SMILES string of the molecule is CNc1ncccc1S(=O)(=O)N(C)CC1CCC1. The summed E-state index contributed by atoms with van der Waals surface area (Å²) in [5.74, 6) is 0.914. The molecule has 0 radical (unpaired) electrons. The van der Waals surface area contributed by atoms with Crippen molar-refractivity contribution in [3.05, 3.63) is 18.3 Å². The molecule has 0 bridgehead atoms. The summed E-state index contributed by atoms with van der Waals surface area (Å²) in [6.45, 7) is 0.598. The van der Waals surface area contributed by atoms with Gasteiger partial charge in [0.15, 0.2) is 0 Å². The normalized spacial score (nSPS) is 16.6. The van der Waals surface area contributed by atoms with E-state index in [-0.39, 0.29) is 4.90 Å². The average molecular weight is 269 g/mol. The predicted molar refractivity (Wildman–Crippen MR) is 70.9 cm³/mol. The summed E-state index contributed by atoms with van der Waals surface area (Å²) in [4.78, 5) is 4.29. The average Bonchev–Trinajstić information content (AvgIpc) is 2.33. The number of pyridine rings is 1. The lowest BCUT2D eigenvalue weighted by atomic mass is 9.86. The standard InChI is InChI=1S/C12H19N3O2S/c1-13-12-11(7-4-8-14-12)18(16,17)15(2)9-10-5-3-6-10/h4,7-8,10H,3,5-6,9H2,1-2H3,(H,13,14). The van der Waals surface area contributed by atoms with Crippen LogP contribution in [0.15, 0.2) is 23.2 Å². The van der Waals surface area contributed by atoms with Gasteiger partial charge in [0.2, 0.25) is 10.0 Å². The van der Waals surface area contributed by atoms with Crippen LogP contribution in [0.25, 0.3) is 0 Å². The lowest BCUT2D eigenvalue weighted by Gasteiger charge is -2.29. The Hall–Kier alpha value is -1.14. The Kier molecular flexibility index (Phi) is 3.87. The molecule has 2 rings (SSSR count). The molecule has 1 aliphatic rings. The van der Waals surface area contributed by atoms with Crippen molar-refractivity contribution >= 4 is 15.8 Å². The maximum atomic E-state index is 12.4. The molecule has 1 aromatic heterocycles. The quantitative estimate of drug-likeness (QED) is 0.881. The van der Waals surface area contributed by atoms with Crippen LogP contribution in [0.2, 0.25) is 0 Å². The van der Waals surface area contributed by atoms with E-state index in [1.54, 1.807) is 32.4 Å². The van der Waals surface area contributed by atoms with Gasteiger partial charge in [0.05, 0.1) is 0 Å². The van der Waals surface area contributed by atoms with Gasteiger partial charge in [-0.15, -0.1) is 0 Å². The van der Waals surface area contributed by atoms with E-state index >= 15 is 0 Å². The smallest absolute Gasteiger partial charge is 0.246 e. The molecule has 6 heteroatoms. The summed E-state index contributed by atoms with van der Waals surface area (Å²) in [7, 11) is -0.132. The van der Waals surface area contributed by atoms with Crippen molar-refractivity contribution in [2.24, 2.45) is 5.92 Å². The van der Waals surface area contributed by atoms with Gasteiger partial charge < -0.3 is 5.32 Å². The summed E-state index contributed by atoms with van der Waals surface area (Å²) < 4.78 is 26.3. The van der Waals surface area contributed by atoms with Gasteiger partial charge in [0, 0.05) is 26.8 Å². The van der Waals surface area contributed by atoms with Gasteiger partial charge in [-0.1, -0.05) is 6.42 Å². The predicted octanol–water partition coefficient (Wildman–Crippen LogP) is 1.54. The van der Waals surface area contributed by atoms with Gasteiger partial charge in [-0.3, -0.25) is 0 Å². The Balaban J connectivity index is 2.23. The van der Waals surface area contributed by atoms with Crippen LogP contribution >= 0.6 is 0 Å². The minimum Gasteiger partial charge on any atom is -0.372 e. The Morgan fingerprint density at radius 3 is 2.78 bits per heavy atom. The van der Waals surface area contributed by atoms with Gasteiger partial charge in [-0.05, 0) is 30.9 Å². The summed E-state index contributed by atoms with van der Waals surface area (Å²) in [6, 6.07) is 3.23. The Labute approximate surface area is 108 Å². The van der Waals surface area contributed by atoms with Crippen LogP contribution < -0.4 is 5.32 Å². The van der Waals surface area contributed by atoms with Crippen LogP contribution in [-0.4, -0.2) is 38.3 Å². The number of hydrogen-bond acceptors (Lipinski definition) is 4. The van der Waals surface area contributed by atoms with Gasteiger partial charge in [-0.2, -0.15) is 0 Å². The fraction of sp³-hybridized carbons (Fsp3) is 0.583. The van der Waals surface area contributed by atoms with Crippen LogP contribution in [0.4, 0.5) is 5.82 Å². The molecular weight excluding hydrogens is 250 g/mol. The van der Waals surface area contributed by atoms with Gasteiger partial charge in [-0.25, -0.2) is 17.7 Å². The molecule has 100 valence electrons. The summed E-state index contributed by atoms with van der Waals surface area (Å²) in [5.41, 5.74) is 0. The van der Waals surface area contributed by atoms with Gasteiger partial charge >= 0.3 is 0 Å². The Morgan fingerprint density at radius 2 is 2.22 bits per heavy atom. The van der Waals surface area contributed by atoms with Gasteiger partial charge in [0.25, 0.3) is 0 Å². The number of anilines is 1. The maximum Gasteiger partial charge on any atom is 0.246 e. The first-order valence-electron chi connectivity index (χ1n) is 6.15. The number of sulfonamides is 1. The molecule has 0 amide bonds. The molecule has 0 saturated heterocycles. The van der Waals surface area contributed by atoms with E-state index in [9.17, 15) is 8.42 Å². The minimum absolute atomic E-state index is 0.245. The summed E-state index contributed by atoms with van der Waals surface area (Å²) in [6.07, 6.45) is 5.06. The number of aromatic nitrogens is 1. The first-order chi connectivity index (χ1) is 8.55. The van der Waals surface area contributed by atoms with Crippen LogP contribution in [-0.2, 0) is 10.0 Å². The van der Waals surface area contributed by atoms with Crippen LogP contribution in [0.1, 0.15) is 19.3 Å². The van der Waals surface area contributed by atoms with Crippen molar-refractivity contribution in [3.63, 3.8) is 0 Å². The topological polar surface area (TPSA) is 62.3 Å². The molecule has 18 heavy (non-hydrogen) atoms. The molecule has 1 saturated carbocycles. The minimum atomic E-state index is -3.44. The Morgan fingerprint density at radius 1 is 1.50 bits per heavy atom. The fourth-order valence-electron chi connectivity index (χ4n) is 2.09. The van der Waals surface area contributed by atoms with E-state index in [4.69, 9.17) is 0 Å². The molecule has 5 nitrogen and oxygen atoms in total. The highest BCUT2D eigenvalue weighted by Crippen LogP contribution is 2.29. The molecule has 0 aromatic carbocycles. The first kappa shape index (κ1) is 13.3. The lowest BCUT2D eigenvalue weighted by Crippen LogP contribution is -2.34. The maximum absolute atomic E-state index is 12.4. The van der Waals surface area contributed by atoms with E-state index in [0.29, 0.717) is 18.3 Å². The van der Waals surface area contributed by atoms with Crippen molar-refractivity contribution in [1.82, 2.24) is 9.29 Å². The van der Waals surface area contributed by atoms with Crippen LogP contribution in [0.3, 0.4) is 0 Å². The fourth-order valence-corrected chi connectivity index (χ4v) is 3.48. The van der Waals surface area contributed by atoms with E-state index in [1.807, 2.05) is 0 Å². The second kappa shape index (κ2) is 5.24. The molecule has 1 heterocycles. The van der Waals surface area contributed by atoms with Crippen molar-refractivity contribution in [1.29, 1.82) is 0 Å². The zero-order valence-electron chi connectivity index (χ0n) is 10.8. The number of nitrogens with one attached hydrogen (secondary N) is 1. The molecule has 0 spiro atoms. The van der Waals surface area contributed by atoms with Crippen molar-refractivity contribution < 1.29 is 8.42 Å². The van der Waals surface area contributed by atoms with Crippen LogP contribution in [0.5, 0.6) is 0 Å². The molecule has 0 unspecified atom stereocenters. The number of nitrogens with zero attached hydrogens (tertiary/aromatic N) is 2. The largest absolute Gasteiger partial charge is 0.372 e. The van der Waals surface area contributed by atoms with E-state index in [2.05, 4.69) is 10.3 Å². The molecular formula is C12H19N3O2S. The monoisotopic (exact) mass is 269 g/mol. The number of rotatable bonds is 5. The second-order valence-corrected chi connectivity index (χ2v) is 6.70. The molecule has 0 aliphatic heterocycles. The van der Waals surface area contributed by atoms with E-state index in [0.717, 1.165) is 12.8 Å². The highest BCUT2D eigenvalue weighted by Gasteiger charge is 2.28. The molecule has 0 atom stereocenters. The first-order valence-corrected chi connectivity index (χ1v) is 7.59. The highest BCUT2D eigenvalue weighted by molar-refractivity contribution is 7.89. The highest BCUT2D eigenvalue weighted by atomic mass is 32.2. The summed E-state index contributed by atoms with van der Waals surface area (Å²) >= 11 is 0. The van der Waals surface area contributed by atoms with Crippen molar-refractivity contribution in [2.75, 3.05) is 26.0 Å². The molecule has 1 fully saturated rings. The molecule has 1 aromatic rings. The third-order valence-electron chi connectivity index (χ3n) is 3.44. The lowest BCUT2D eigenvalue weighted by molar-refractivity contribution is 0.263. The Bertz CT molecular complexity index is 512. The second-order valence-electron chi connectivity index (χ2n) is 4.68. The molecule has 1 N–H and O–H groups in total. The molecule has 1 aliphatic carbocycles. The van der Waals surface area contributed by atoms with Crippen LogP contribution in [0, 0.1) is 5.92 Å². The third kappa shape index (κ3) is 2.49. The van der Waals surface area contributed by atoms with E-state index in [1.165, 1.54) is 10.7 Å². The number of hydrogen-bond donors (Lipinski definition) is 1. The van der Waals surface area contributed by atoms with E-state index < -0.39 is 10.0 Å².